The van der Waals surface area contributed by atoms with Gasteiger partial charge < -0.3 is 0 Å². The first-order valence-corrected chi connectivity index (χ1v) is 12.3. The maximum atomic E-state index is 5.14. The second kappa shape index (κ2) is 6.41. The Morgan fingerprint density at radius 2 is 1.35 bits per heavy atom. The molecule has 0 bridgehead atoms. The molecule has 132 valence electrons. The summed E-state index contributed by atoms with van der Waals surface area (Å²) in [5.41, 5.74) is 1.22. The molecule has 0 atom stereocenters. The number of aromatic nitrogens is 1. The van der Waals surface area contributed by atoms with E-state index >= 15 is 0 Å². The Morgan fingerprint density at radius 1 is 0.692 bits per heavy atom. The molecule has 0 amide bonds. The van der Waals surface area contributed by atoms with E-state index in [2.05, 4.69) is 45.0 Å². The Hall–Kier alpha value is -1.27. The number of nitrogens with zero attached hydrogens (tertiary/aromatic N) is 1. The van der Waals surface area contributed by atoms with Crippen molar-refractivity contribution in [1.29, 1.82) is 0 Å². The third-order valence-corrected chi connectivity index (χ3v) is 10.0. The van der Waals surface area contributed by atoms with E-state index in [4.69, 9.17) is 4.98 Å². The highest BCUT2D eigenvalue weighted by Crippen LogP contribution is 2.47. The molecule has 5 aromatic rings. The molecule has 0 radical (unpaired) electrons. The lowest BCUT2D eigenvalue weighted by Gasteiger charge is -1.95. The van der Waals surface area contributed by atoms with Gasteiger partial charge in [-0.2, -0.15) is 0 Å². The van der Waals surface area contributed by atoms with Crippen molar-refractivity contribution in [1.82, 2.24) is 4.98 Å². The number of aryl methyl sites for hydroxylation is 3. The van der Waals surface area contributed by atoms with Crippen LogP contribution in [0.3, 0.4) is 0 Å². The molecule has 0 aliphatic rings. The molecular weight excluding hydrogens is 395 g/mol. The highest BCUT2D eigenvalue weighted by Gasteiger charge is 2.19. The van der Waals surface area contributed by atoms with E-state index in [0.717, 1.165) is 19.3 Å². The summed E-state index contributed by atoms with van der Waals surface area (Å²) in [5.74, 6) is 0. The van der Waals surface area contributed by atoms with E-state index in [1.165, 1.54) is 54.9 Å². The number of rotatable bonds is 4. The van der Waals surface area contributed by atoms with Gasteiger partial charge in [-0.3, -0.25) is 0 Å². The summed E-state index contributed by atoms with van der Waals surface area (Å²) < 4.78 is 4.18. The predicted octanol–water partition coefficient (Wildman–Crippen LogP) is 8.14. The van der Waals surface area contributed by atoms with E-state index < -0.39 is 0 Å². The fraction of sp³-hybridized carbons (Fsp3) is 0.286. The molecule has 0 saturated carbocycles. The molecule has 0 aliphatic heterocycles. The van der Waals surface area contributed by atoms with Gasteiger partial charge in [0.1, 0.15) is 10.5 Å². The minimum absolute atomic E-state index is 1.09. The van der Waals surface area contributed by atoms with Gasteiger partial charge in [-0.25, -0.2) is 4.98 Å². The second-order valence-electron chi connectivity index (χ2n) is 6.43. The molecule has 1 nitrogen and oxygen atoms in total. The molecule has 0 fully saturated rings. The van der Waals surface area contributed by atoms with Gasteiger partial charge >= 0.3 is 0 Å². The van der Waals surface area contributed by atoms with E-state index in [9.17, 15) is 0 Å². The quantitative estimate of drug-likeness (QED) is 0.290. The summed E-state index contributed by atoms with van der Waals surface area (Å²) in [6.45, 7) is 6.71. The van der Waals surface area contributed by atoms with Crippen LogP contribution < -0.4 is 0 Å². The van der Waals surface area contributed by atoms with E-state index in [1.807, 2.05) is 45.3 Å². The monoisotopic (exact) mass is 413 g/mol. The standard InChI is InChI=1S/C21H19NS4/c1-4-11-7-8-16(23-11)21-22-17-18-14(9-12(5-2)24-18)15-10-13(6-3)25-19(15)20(17)26-21/h7-10H,4-6H2,1-3H3. The summed E-state index contributed by atoms with van der Waals surface area (Å²) in [5, 5.41) is 4.01. The highest BCUT2D eigenvalue weighted by atomic mass is 32.1. The third kappa shape index (κ3) is 2.48. The molecule has 5 rings (SSSR count). The lowest BCUT2D eigenvalue weighted by Crippen LogP contribution is -1.72. The average Bonchev–Trinajstić information content (AvgIpc) is 3.43. The molecule has 0 N–H and O–H groups in total. The van der Waals surface area contributed by atoms with E-state index in [1.54, 1.807) is 0 Å². The van der Waals surface area contributed by atoms with Gasteiger partial charge in [0.25, 0.3) is 0 Å². The maximum Gasteiger partial charge on any atom is 0.134 e. The number of fused-ring (bicyclic) bond motifs is 6. The second-order valence-corrected chi connectivity index (χ2v) is 10.9. The molecule has 26 heavy (non-hydrogen) atoms. The van der Waals surface area contributed by atoms with Crippen LogP contribution in [0.15, 0.2) is 24.3 Å². The summed E-state index contributed by atoms with van der Waals surface area (Å²) in [6.07, 6.45) is 3.29. The topological polar surface area (TPSA) is 12.9 Å². The van der Waals surface area contributed by atoms with Crippen molar-refractivity contribution >= 4 is 75.7 Å². The van der Waals surface area contributed by atoms with Gasteiger partial charge in [0, 0.05) is 25.4 Å². The van der Waals surface area contributed by atoms with Crippen LogP contribution in [0.25, 0.3) is 40.3 Å². The SMILES string of the molecule is CCc1ccc(-c2nc3c4sc(CC)cc4c4cc(CC)sc4c3s2)s1. The zero-order chi connectivity index (χ0) is 17.8. The van der Waals surface area contributed by atoms with Crippen LogP contribution in [0.2, 0.25) is 0 Å². The largest absolute Gasteiger partial charge is 0.234 e. The van der Waals surface area contributed by atoms with Gasteiger partial charge in [-0.05, 0) is 43.5 Å². The van der Waals surface area contributed by atoms with Crippen molar-refractivity contribution in [3.8, 4) is 9.88 Å². The van der Waals surface area contributed by atoms with Crippen molar-refractivity contribution in [2.75, 3.05) is 0 Å². The Bertz CT molecular complexity index is 1170. The van der Waals surface area contributed by atoms with Crippen molar-refractivity contribution in [3.63, 3.8) is 0 Å². The van der Waals surface area contributed by atoms with Gasteiger partial charge in [0.15, 0.2) is 0 Å². The van der Waals surface area contributed by atoms with Crippen LogP contribution in [-0.2, 0) is 19.3 Å². The van der Waals surface area contributed by atoms with Crippen molar-refractivity contribution in [2.24, 2.45) is 0 Å². The zero-order valence-corrected chi connectivity index (χ0v) is 18.3. The van der Waals surface area contributed by atoms with Crippen molar-refractivity contribution in [3.05, 3.63) is 38.9 Å². The van der Waals surface area contributed by atoms with E-state index in [-0.39, 0.29) is 0 Å². The van der Waals surface area contributed by atoms with Gasteiger partial charge in [0.2, 0.25) is 0 Å². The molecule has 5 heteroatoms. The van der Waals surface area contributed by atoms with Crippen LogP contribution in [0.1, 0.15) is 35.4 Å². The van der Waals surface area contributed by atoms with E-state index in [0.29, 0.717) is 0 Å². The predicted molar refractivity (Wildman–Crippen MR) is 122 cm³/mol. The first-order chi connectivity index (χ1) is 12.7. The van der Waals surface area contributed by atoms with Crippen LogP contribution in [0.4, 0.5) is 0 Å². The third-order valence-electron chi connectivity index (χ3n) is 4.82. The number of thiazole rings is 1. The first kappa shape index (κ1) is 16.9. The minimum Gasteiger partial charge on any atom is -0.234 e. The molecule has 4 aromatic heterocycles. The molecule has 0 unspecified atom stereocenters. The molecular formula is C21H19NS4. The highest BCUT2D eigenvalue weighted by molar-refractivity contribution is 7.31. The lowest BCUT2D eigenvalue weighted by molar-refractivity contribution is 1.19. The normalized spacial score (nSPS) is 12.1. The fourth-order valence-corrected chi connectivity index (χ4v) is 7.89. The van der Waals surface area contributed by atoms with Gasteiger partial charge in [-0.1, -0.05) is 20.8 Å². The summed E-state index contributed by atoms with van der Waals surface area (Å²) in [6, 6.07) is 9.30. The molecule has 0 spiro atoms. The Balaban J connectivity index is 1.87. The molecule has 0 aliphatic carbocycles. The zero-order valence-electron chi connectivity index (χ0n) is 15.0. The smallest absolute Gasteiger partial charge is 0.134 e. The number of benzene rings is 1. The average molecular weight is 414 g/mol. The number of thiophene rings is 3. The van der Waals surface area contributed by atoms with Crippen LogP contribution in [0, 0.1) is 0 Å². The Labute approximate surface area is 169 Å². The molecule has 0 saturated heterocycles. The Kier molecular flexibility index (Phi) is 4.16. The van der Waals surface area contributed by atoms with Crippen LogP contribution in [0.5, 0.6) is 0 Å². The van der Waals surface area contributed by atoms with Crippen molar-refractivity contribution in [2.45, 2.75) is 40.0 Å². The molecule has 1 aromatic carbocycles. The Morgan fingerprint density at radius 3 is 2.00 bits per heavy atom. The summed E-state index contributed by atoms with van der Waals surface area (Å²) in [7, 11) is 0. The number of hydrogen-bond acceptors (Lipinski definition) is 5. The lowest BCUT2D eigenvalue weighted by atomic mass is 10.1. The van der Waals surface area contributed by atoms with Gasteiger partial charge in [0.05, 0.1) is 19.0 Å². The van der Waals surface area contributed by atoms with Crippen LogP contribution in [-0.4, -0.2) is 4.98 Å². The maximum absolute atomic E-state index is 5.14. The summed E-state index contributed by atoms with van der Waals surface area (Å²) >= 11 is 7.65. The van der Waals surface area contributed by atoms with Crippen molar-refractivity contribution < 1.29 is 0 Å². The van der Waals surface area contributed by atoms with Crippen LogP contribution >= 0.6 is 45.3 Å². The first-order valence-electron chi connectivity index (χ1n) is 9.08. The summed E-state index contributed by atoms with van der Waals surface area (Å²) in [4.78, 5) is 10.8. The minimum atomic E-state index is 1.09. The molecule has 4 heterocycles. The van der Waals surface area contributed by atoms with Gasteiger partial charge in [-0.15, -0.1) is 45.3 Å². The number of hydrogen-bond donors (Lipinski definition) is 0. The fourth-order valence-electron chi connectivity index (χ4n) is 3.39.